The van der Waals surface area contributed by atoms with Crippen LogP contribution in [0.25, 0.3) is 10.2 Å². The maximum absolute atomic E-state index is 13.1. The monoisotopic (exact) mass is 424 g/mol. The van der Waals surface area contributed by atoms with Gasteiger partial charge in [0.15, 0.2) is 0 Å². The minimum Gasteiger partial charge on any atom is -0.334 e. The molecule has 0 fully saturated rings. The molecule has 0 aliphatic heterocycles. The third kappa shape index (κ3) is 3.78. The number of hydrogen-bond donors (Lipinski definition) is 0. The summed E-state index contributed by atoms with van der Waals surface area (Å²) in [7, 11) is 1.83. The third-order valence-electron chi connectivity index (χ3n) is 5.19. The summed E-state index contributed by atoms with van der Waals surface area (Å²) in [6.07, 6.45) is 3.49. The van der Waals surface area contributed by atoms with Gasteiger partial charge < -0.3 is 4.90 Å². The minimum atomic E-state index is -0.0450. The number of rotatable bonds is 5. The van der Waals surface area contributed by atoms with E-state index in [1.807, 2.05) is 68.0 Å². The predicted octanol–water partition coefficient (Wildman–Crippen LogP) is 5.34. The number of carbonyl (C=O) groups is 1. The molecule has 0 aliphatic carbocycles. The lowest BCUT2D eigenvalue weighted by atomic mass is 10.1. The largest absolute Gasteiger partial charge is 0.334 e. The lowest BCUT2D eigenvalue weighted by Gasteiger charge is -2.24. The van der Waals surface area contributed by atoms with Crippen molar-refractivity contribution in [2.75, 3.05) is 7.05 Å². The van der Waals surface area contributed by atoms with Crippen molar-refractivity contribution < 1.29 is 4.79 Å². The smallest absolute Gasteiger partial charge is 0.264 e. The van der Waals surface area contributed by atoms with Gasteiger partial charge >= 0.3 is 0 Å². The molecule has 0 bridgehead atoms. The van der Waals surface area contributed by atoms with Crippen LogP contribution in [0.5, 0.6) is 0 Å². The summed E-state index contributed by atoms with van der Waals surface area (Å²) < 4.78 is 1.93. The molecule has 29 heavy (non-hydrogen) atoms. The fourth-order valence-electron chi connectivity index (χ4n) is 3.33. The fourth-order valence-corrected chi connectivity index (χ4v) is 4.67. The Hall–Kier alpha value is -2.70. The zero-order chi connectivity index (χ0) is 20.5. The number of fused-ring (bicyclic) bond motifs is 1. The Morgan fingerprint density at radius 2 is 1.97 bits per heavy atom. The number of aryl methyl sites for hydroxylation is 1. The molecule has 5 nitrogen and oxygen atoms in total. The van der Waals surface area contributed by atoms with Crippen LogP contribution >= 0.6 is 22.9 Å². The summed E-state index contributed by atoms with van der Waals surface area (Å²) in [4.78, 5) is 20.6. The highest BCUT2D eigenvalue weighted by molar-refractivity contribution is 7.20. The molecular weight excluding hydrogens is 404 g/mol. The van der Waals surface area contributed by atoms with Gasteiger partial charge in [-0.2, -0.15) is 5.10 Å². The number of amides is 1. The predicted molar refractivity (Wildman–Crippen MR) is 118 cm³/mol. The van der Waals surface area contributed by atoms with Crippen molar-refractivity contribution in [1.29, 1.82) is 0 Å². The van der Waals surface area contributed by atoms with Crippen molar-refractivity contribution in [2.45, 2.75) is 26.4 Å². The van der Waals surface area contributed by atoms with Gasteiger partial charge in [-0.3, -0.25) is 14.5 Å². The molecule has 7 heteroatoms. The van der Waals surface area contributed by atoms with E-state index in [0.717, 1.165) is 27.0 Å². The molecule has 4 rings (SSSR count). The van der Waals surface area contributed by atoms with Crippen LogP contribution in [0.1, 0.15) is 39.5 Å². The second-order valence-electron chi connectivity index (χ2n) is 7.04. The highest BCUT2D eigenvalue weighted by atomic mass is 35.5. The van der Waals surface area contributed by atoms with Gasteiger partial charge in [-0.15, -0.1) is 11.3 Å². The zero-order valence-corrected chi connectivity index (χ0v) is 18.0. The molecule has 1 amide bonds. The minimum absolute atomic E-state index is 0.000735. The third-order valence-corrected chi connectivity index (χ3v) is 6.69. The fraction of sp³-hybridized carbons (Fsp3) is 0.227. The van der Waals surface area contributed by atoms with E-state index in [-0.39, 0.29) is 11.9 Å². The lowest BCUT2D eigenvalue weighted by molar-refractivity contribution is 0.0747. The van der Waals surface area contributed by atoms with Crippen molar-refractivity contribution in [3.05, 3.63) is 81.6 Å². The summed E-state index contributed by atoms with van der Waals surface area (Å²) in [5.41, 5.74) is 2.97. The summed E-state index contributed by atoms with van der Waals surface area (Å²) in [6.45, 7) is 4.56. The van der Waals surface area contributed by atoms with Crippen molar-refractivity contribution >= 4 is 39.1 Å². The number of nitrogens with zero attached hydrogens (tertiary/aromatic N) is 4. The van der Waals surface area contributed by atoms with Crippen LogP contribution in [0.4, 0.5) is 0 Å². The van der Waals surface area contributed by atoms with Gasteiger partial charge in [-0.05, 0) is 49.2 Å². The highest BCUT2D eigenvalue weighted by Gasteiger charge is 2.23. The van der Waals surface area contributed by atoms with Gasteiger partial charge in [-0.1, -0.05) is 29.8 Å². The molecular formula is C22H21ClN4OS. The van der Waals surface area contributed by atoms with Gasteiger partial charge in [-0.25, -0.2) is 0 Å². The molecule has 1 atom stereocenters. The average Bonchev–Trinajstić information content (AvgIpc) is 3.30. The molecule has 0 radical (unpaired) electrons. The number of carbonyl (C=O) groups excluding carboxylic acids is 1. The van der Waals surface area contributed by atoms with Gasteiger partial charge in [0.2, 0.25) is 0 Å². The maximum atomic E-state index is 13.1. The van der Waals surface area contributed by atoms with Crippen LogP contribution in [-0.4, -0.2) is 32.6 Å². The number of benzene rings is 1. The maximum Gasteiger partial charge on any atom is 0.264 e. The standard InChI is InChI=1S/C22H21ClN4OS/c1-14-18-12-20(21(28)26(3)15(2)16-8-10-24-11-9-16)29-22(18)27(25-14)13-17-6-4-5-7-19(17)23/h4-12,15H,13H2,1-3H3/t15-/m1/s1. The molecule has 0 spiro atoms. The number of pyridine rings is 1. The Morgan fingerprint density at radius 1 is 1.24 bits per heavy atom. The van der Waals surface area contributed by atoms with E-state index in [2.05, 4.69) is 10.1 Å². The van der Waals surface area contributed by atoms with Crippen molar-refractivity contribution in [3.63, 3.8) is 0 Å². The SMILES string of the molecule is Cc1nn(Cc2ccccc2Cl)c2sc(C(=O)N(C)[C@H](C)c3ccncc3)cc12. The molecule has 0 aliphatic rings. The lowest BCUT2D eigenvalue weighted by Crippen LogP contribution is -2.29. The van der Waals surface area contributed by atoms with Crippen LogP contribution in [0.15, 0.2) is 54.9 Å². The summed E-state index contributed by atoms with van der Waals surface area (Å²) in [5, 5.41) is 6.38. The highest BCUT2D eigenvalue weighted by Crippen LogP contribution is 2.31. The molecule has 0 saturated heterocycles. The summed E-state index contributed by atoms with van der Waals surface area (Å²) in [5.74, 6) is -0.000735. The Kier molecular flexibility index (Phi) is 5.39. The molecule has 3 aromatic heterocycles. The Balaban J connectivity index is 1.64. The van der Waals surface area contributed by atoms with Gasteiger partial charge in [0.05, 0.1) is 23.2 Å². The van der Waals surface area contributed by atoms with E-state index >= 15 is 0 Å². The normalized spacial score (nSPS) is 12.3. The molecule has 148 valence electrons. The first kappa shape index (κ1) is 19.6. The van der Waals surface area contributed by atoms with Gasteiger partial charge in [0, 0.05) is 29.9 Å². The topological polar surface area (TPSA) is 51.0 Å². The summed E-state index contributed by atoms with van der Waals surface area (Å²) >= 11 is 7.79. The van der Waals surface area contributed by atoms with Crippen LogP contribution < -0.4 is 0 Å². The molecule has 0 saturated carbocycles. The van der Waals surface area contributed by atoms with Crippen molar-refractivity contribution in [2.24, 2.45) is 0 Å². The molecule has 0 N–H and O–H groups in total. The van der Waals surface area contributed by atoms with E-state index in [1.165, 1.54) is 11.3 Å². The Labute approximate surface area is 178 Å². The van der Waals surface area contributed by atoms with Crippen molar-refractivity contribution in [1.82, 2.24) is 19.7 Å². The van der Waals surface area contributed by atoms with Crippen LogP contribution in [0.2, 0.25) is 5.02 Å². The summed E-state index contributed by atoms with van der Waals surface area (Å²) in [6, 6.07) is 13.5. The molecule has 1 aromatic carbocycles. The number of aromatic nitrogens is 3. The van der Waals surface area contributed by atoms with Gasteiger partial charge in [0.25, 0.3) is 5.91 Å². The average molecular weight is 425 g/mol. The molecule has 3 heterocycles. The van der Waals surface area contributed by atoms with Crippen LogP contribution in [0.3, 0.4) is 0 Å². The first-order valence-electron chi connectivity index (χ1n) is 9.33. The first-order valence-corrected chi connectivity index (χ1v) is 10.5. The van der Waals surface area contributed by atoms with Gasteiger partial charge in [0.1, 0.15) is 4.83 Å². The second kappa shape index (κ2) is 7.97. The Morgan fingerprint density at radius 3 is 2.69 bits per heavy atom. The van der Waals surface area contributed by atoms with Crippen LogP contribution in [-0.2, 0) is 6.54 Å². The van der Waals surface area contributed by atoms with E-state index < -0.39 is 0 Å². The quantitative estimate of drug-likeness (QED) is 0.434. The van der Waals surface area contributed by atoms with E-state index in [4.69, 9.17) is 11.6 Å². The molecule has 0 unspecified atom stereocenters. The second-order valence-corrected chi connectivity index (χ2v) is 8.47. The number of thiophene rings is 1. The van der Waals surface area contributed by atoms with E-state index in [1.54, 1.807) is 17.3 Å². The van der Waals surface area contributed by atoms with Crippen molar-refractivity contribution in [3.8, 4) is 0 Å². The number of halogens is 1. The molecule has 4 aromatic rings. The zero-order valence-electron chi connectivity index (χ0n) is 16.5. The number of hydrogen-bond acceptors (Lipinski definition) is 4. The van der Waals surface area contributed by atoms with E-state index in [0.29, 0.717) is 16.4 Å². The first-order chi connectivity index (χ1) is 14.0. The van der Waals surface area contributed by atoms with E-state index in [9.17, 15) is 4.79 Å². The Bertz CT molecular complexity index is 1170. The van der Waals surface area contributed by atoms with Crippen LogP contribution in [0, 0.1) is 6.92 Å².